The molecule has 1 amide bonds. The summed E-state index contributed by atoms with van der Waals surface area (Å²) >= 11 is 1.31. The zero-order valence-electron chi connectivity index (χ0n) is 14.0. The van der Waals surface area contributed by atoms with Gasteiger partial charge < -0.3 is 9.15 Å². The van der Waals surface area contributed by atoms with E-state index in [4.69, 9.17) is 4.42 Å². The molecule has 2 heterocycles. The van der Waals surface area contributed by atoms with E-state index in [1.54, 1.807) is 50.5 Å². The van der Waals surface area contributed by atoms with E-state index in [1.807, 2.05) is 6.07 Å². The van der Waals surface area contributed by atoms with Gasteiger partial charge in [0.15, 0.2) is 5.17 Å². The lowest BCUT2D eigenvalue weighted by Gasteiger charge is -2.04. The van der Waals surface area contributed by atoms with Crippen molar-refractivity contribution >= 4 is 34.9 Å². The fraction of sp³-hybridized carbons (Fsp3) is 0.167. The number of ether oxygens (including phenoxy) is 1. The first-order chi connectivity index (χ1) is 12.0. The molecule has 128 valence electrons. The summed E-state index contributed by atoms with van der Waals surface area (Å²) in [5, 5.41) is 0.654. The Kier molecular flexibility index (Phi) is 4.76. The molecule has 1 aliphatic heterocycles. The second-order valence-electron chi connectivity index (χ2n) is 5.25. The van der Waals surface area contributed by atoms with Gasteiger partial charge in [0.25, 0.3) is 5.91 Å². The maximum absolute atomic E-state index is 12.2. The molecule has 2 aromatic rings. The number of hydrogen-bond donors (Lipinski definition) is 0. The number of furan rings is 1. The number of hydrogen-bond acceptors (Lipinski definition) is 6. The summed E-state index contributed by atoms with van der Waals surface area (Å²) in [5.41, 5.74) is 1.30. The fourth-order valence-corrected chi connectivity index (χ4v) is 3.26. The third kappa shape index (κ3) is 3.36. The zero-order chi connectivity index (χ0) is 18.0. The monoisotopic (exact) mass is 356 g/mol. The van der Waals surface area contributed by atoms with Crippen LogP contribution in [0, 0.1) is 0 Å². The number of amidine groups is 1. The Morgan fingerprint density at radius 3 is 2.56 bits per heavy atom. The van der Waals surface area contributed by atoms with E-state index in [9.17, 15) is 9.59 Å². The number of aliphatic imine (C=N–C) groups is 1. The van der Waals surface area contributed by atoms with E-state index in [0.29, 0.717) is 27.2 Å². The Balaban J connectivity index is 1.82. The van der Waals surface area contributed by atoms with Crippen LogP contribution in [0.2, 0.25) is 0 Å². The largest absolute Gasteiger partial charge is 0.465 e. The Hall–Kier alpha value is -2.80. The number of benzene rings is 1. The number of carbonyl (C=O) groups is 2. The molecular weight excluding hydrogens is 340 g/mol. The second-order valence-corrected chi connectivity index (χ2v) is 6.26. The van der Waals surface area contributed by atoms with Crippen molar-refractivity contribution in [2.45, 2.75) is 0 Å². The third-order valence-electron chi connectivity index (χ3n) is 3.69. The smallest absolute Gasteiger partial charge is 0.337 e. The molecule has 0 aliphatic carbocycles. The molecule has 0 N–H and O–H groups in total. The molecule has 3 rings (SSSR count). The van der Waals surface area contributed by atoms with Crippen molar-refractivity contribution in [1.29, 1.82) is 0 Å². The molecule has 6 nitrogen and oxygen atoms in total. The number of esters is 1. The molecule has 7 heteroatoms. The maximum Gasteiger partial charge on any atom is 0.337 e. The first-order valence-corrected chi connectivity index (χ1v) is 8.28. The molecule has 0 bridgehead atoms. The minimum Gasteiger partial charge on any atom is -0.465 e. The van der Waals surface area contributed by atoms with Crippen molar-refractivity contribution in [3.05, 3.63) is 52.6 Å². The van der Waals surface area contributed by atoms with Gasteiger partial charge in [-0.25, -0.2) is 4.79 Å². The third-order valence-corrected chi connectivity index (χ3v) is 4.84. The topological polar surface area (TPSA) is 72.1 Å². The van der Waals surface area contributed by atoms with Crippen molar-refractivity contribution in [2.75, 3.05) is 21.2 Å². The van der Waals surface area contributed by atoms with Gasteiger partial charge in [0, 0.05) is 25.7 Å². The van der Waals surface area contributed by atoms with Gasteiger partial charge in [-0.3, -0.25) is 14.7 Å². The molecule has 25 heavy (non-hydrogen) atoms. The number of nitrogens with zero attached hydrogens (tertiary/aromatic N) is 2. The standard InChI is InChI=1S/C18H16N2O4S/c1-19-18-20(2)16(21)15(25-18)10-13-8-9-14(24-13)11-4-6-12(7-5-11)17(22)23-3/h4-10H,1-3H3/b15-10-,19-18?. The average molecular weight is 356 g/mol. The van der Waals surface area contributed by atoms with E-state index in [0.717, 1.165) is 5.56 Å². The van der Waals surface area contributed by atoms with Crippen LogP contribution in [0.15, 0.2) is 50.7 Å². The SMILES string of the molecule is CN=C1S/C(=C\c2ccc(-c3ccc(C(=O)OC)cc3)o2)C(=O)N1C. The summed E-state index contributed by atoms with van der Waals surface area (Å²) in [5.74, 6) is 0.738. The van der Waals surface area contributed by atoms with Crippen LogP contribution >= 0.6 is 11.8 Å². The Morgan fingerprint density at radius 2 is 1.96 bits per heavy atom. The van der Waals surface area contributed by atoms with Crippen LogP contribution in [0.5, 0.6) is 0 Å². The Morgan fingerprint density at radius 1 is 1.24 bits per heavy atom. The van der Waals surface area contributed by atoms with Crippen molar-refractivity contribution in [3.8, 4) is 11.3 Å². The summed E-state index contributed by atoms with van der Waals surface area (Å²) in [6.45, 7) is 0. The highest BCUT2D eigenvalue weighted by Gasteiger charge is 2.30. The lowest BCUT2D eigenvalue weighted by molar-refractivity contribution is -0.121. The van der Waals surface area contributed by atoms with Crippen molar-refractivity contribution in [3.63, 3.8) is 0 Å². The first kappa shape index (κ1) is 17.0. The highest BCUT2D eigenvalue weighted by atomic mass is 32.2. The van der Waals surface area contributed by atoms with Crippen LogP contribution in [0.1, 0.15) is 16.1 Å². The molecule has 1 aliphatic rings. The van der Waals surface area contributed by atoms with Crippen LogP contribution in [-0.2, 0) is 9.53 Å². The van der Waals surface area contributed by atoms with Gasteiger partial charge in [0.1, 0.15) is 11.5 Å². The highest BCUT2D eigenvalue weighted by Crippen LogP contribution is 2.32. The Labute approximate surface area is 149 Å². The molecule has 0 radical (unpaired) electrons. The maximum atomic E-state index is 12.2. The van der Waals surface area contributed by atoms with Crippen molar-refractivity contribution in [1.82, 2.24) is 4.90 Å². The number of carbonyl (C=O) groups excluding carboxylic acids is 2. The number of rotatable bonds is 3. The van der Waals surface area contributed by atoms with Gasteiger partial charge in [0.05, 0.1) is 17.6 Å². The van der Waals surface area contributed by atoms with E-state index in [2.05, 4.69) is 9.73 Å². The summed E-state index contributed by atoms with van der Waals surface area (Å²) in [6.07, 6.45) is 1.70. The summed E-state index contributed by atoms with van der Waals surface area (Å²) < 4.78 is 10.5. The lowest BCUT2D eigenvalue weighted by atomic mass is 10.1. The van der Waals surface area contributed by atoms with E-state index < -0.39 is 0 Å². The number of likely N-dealkylation sites (N-methyl/N-ethyl adjacent to an activating group) is 1. The molecule has 0 spiro atoms. The predicted molar refractivity (Wildman–Crippen MR) is 97.2 cm³/mol. The van der Waals surface area contributed by atoms with Crippen LogP contribution < -0.4 is 0 Å². The van der Waals surface area contributed by atoms with Gasteiger partial charge >= 0.3 is 5.97 Å². The molecule has 1 saturated heterocycles. The summed E-state index contributed by atoms with van der Waals surface area (Å²) in [7, 11) is 4.68. The molecule has 1 aromatic heterocycles. The second kappa shape index (κ2) is 6.98. The summed E-state index contributed by atoms with van der Waals surface area (Å²) in [4.78, 5) is 29.8. The highest BCUT2D eigenvalue weighted by molar-refractivity contribution is 8.18. The normalized spacial score (nSPS) is 17.6. The predicted octanol–water partition coefficient (Wildman–Crippen LogP) is 3.27. The number of methoxy groups -OCH3 is 1. The summed E-state index contributed by atoms with van der Waals surface area (Å²) in [6, 6.07) is 10.5. The molecule has 1 aromatic carbocycles. The number of thioether (sulfide) groups is 1. The number of amides is 1. The zero-order valence-corrected chi connectivity index (χ0v) is 14.8. The van der Waals surface area contributed by atoms with Crippen molar-refractivity contribution in [2.24, 2.45) is 4.99 Å². The molecular formula is C18H16N2O4S. The van der Waals surface area contributed by atoms with Crippen LogP contribution in [0.25, 0.3) is 17.4 Å². The Bertz CT molecular complexity index is 881. The van der Waals surface area contributed by atoms with Gasteiger partial charge in [0.2, 0.25) is 0 Å². The van der Waals surface area contributed by atoms with E-state index in [1.165, 1.54) is 23.8 Å². The van der Waals surface area contributed by atoms with Gasteiger partial charge in [-0.2, -0.15) is 0 Å². The first-order valence-electron chi connectivity index (χ1n) is 7.46. The average Bonchev–Trinajstić information content (AvgIpc) is 3.21. The van der Waals surface area contributed by atoms with Gasteiger partial charge in [-0.15, -0.1) is 0 Å². The van der Waals surface area contributed by atoms with Crippen molar-refractivity contribution < 1.29 is 18.7 Å². The van der Waals surface area contributed by atoms with E-state index >= 15 is 0 Å². The van der Waals surface area contributed by atoms with Crippen LogP contribution in [0.3, 0.4) is 0 Å². The van der Waals surface area contributed by atoms with Gasteiger partial charge in [-0.1, -0.05) is 12.1 Å². The van der Waals surface area contributed by atoms with E-state index in [-0.39, 0.29) is 11.9 Å². The minimum atomic E-state index is -0.384. The van der Waals surface area contributed by atoms with Crippen LogP contribution in [-0.4, -0.2) is 43.1 Å². The molecule has 0 unspecified atom stereocenters. The van der Waals surface area contributed by atoms with Gasteiger partial charge in [-0.05, 0) is 36.0 Å². The quantitative estimate of drug-likeness (QED) is 0.623. The fourth-order valence-electron chi connectivity index (χ4n) is 2.35. The minimum absolute atomic E-state index is 0.106. The molecule has 0 saturated carbocycles. The van der Waals surface area contributed by atoms with Crippen LogP contribution in [0.4, 0.5) is 0 Å². The molecule has 0 atom stereocenters. The molecule has 1 fully saturated rings. The lowest BCUT2D eigenvalue weighted by Crippen LogP contribution is -2.23.